The molecule has 0 radical (unpaired) electrons. The first-order valence-corrected chi connectivity index (χ1v) is 8.27. The van der Waals surface area contributed by atoms with Gasteiger partial charge >= 0.3 is 0 Å². The number of amides is 1. The molecule has 1 aromatic rings. The third kappa shape index (κ3) is 2.16. The molecule has 22 heavy (non-hydrogen) atoms. The summed E-state index contributed by atoms with van der Waals surface area (Å²) in [4.78, 5) is 12.2. The van der Waals surface area contributed by atoms with Crippen LogP contribution in [0.1, 0.15) is 51.3 Å². The number of carbonyl (C=O) groups is 1. The van der Waals surface area contributed by atoms with Crippen molar-refractivity contribution < 1.29 is 4.79 Å². The zero-order chi connectivity index (χ0) is 15.3. The Morgan fingerprint density at radius 3 is 3.00 bits per heavy atom. The molecule has 6 heteroatoms. The Kier molecular flexibility index (Phi) is 3.09. The molecule has 0 unspecified atom stereocenters. The molecule has 4 atom stereocenters. The van der Waals surface area contributed by atoms with Crippen molar-refractivity contribution >= 4 is 5.91 Å². The van der Waals surface area contributed by atoms with E-state index in [-0.39, 0.29) is 17.7 Å². The van der Waals surface area contributed by atoms with Crippen LogP contribution in [0.15, 0.2) is 11.6 Å². The van der Waals surface area contributed by atoms with Crippen molar-refractivity contribution in [3.8, 4) is 0 Å². The standard InChI is InChI=1S/C16H23N5O/c1-16(2)10-4-3-9(13(16)7-10)5-6-17-15(22)12-8-11(12)14-18-20-21-19-14/h3,10-13H,4-8H2,1-2H3,(H,17,22)(H,18,19,20,21)/t10-,11-,12+,13-/m0/s1. The van der Waals surface area contributed by atoms with Gasteiger partial charge in [0.25, 0.3) is 0 Å². The van der Waals surface area contributed by atoms with E-state index in [0.29, 0.717) is 11.2 Å². The molecular formula is C16H23N5O. The Bertz CT molecular complexity index is 606. The summed E-state index contributed by atoms with van der Waals surface area (Å²) in [5.74, 6) is 2.59. The van der Waals surface area contributed by atoms with Crippen molar-refractivity contribution in [1.29, 1.82) is 0 Å². The van der Waals surface area contributed by atoms with Crippen LogP contribution in [0.5, 0.6) is 0 Å². The van der Waals surface area contributed by atoms with Gasteiger partial charge in [-0.2, -0.15) is 5.21 Å². The van der Waals surface area contributed by atoms with Gasteiger partial charge < -0.3 is 5.32 Å². The van der Waals surface area contributed by atoms with E-state index < -0.39 is 0 Å². The topological polar surface area (TPSA) is 83.6 Å². The first kappa shape index (κ1) is 13.9. The second-order valence-electron chi connectivity index (χ2n) is 7.58. The Morgan fingerprint density at radius 2 is 2.32 bits per heavy atom. The lowest BCUT2D eigenvalue weighted by Gasteiger charge is -2.56. The SMILES string of the molecule is CC1(C)[C@H]2CC=C(CCNC(=O)[C@@H]3C[C@@H]3c3nn[nH]n3)[C@@H]1C2. The Hall–Kier alpha value is -1.72. The first-order valence-electron chi connectivity index (χ1n) is 8.27. The average Bonchev–Trinajstić information content (AvgIpc) is 3.13. The van der Waals surface area contributed by atoms with E-state index in [2.05, 4.69) is 45.9 Å². The summed E-state index contributed by atoms with van der Waals surface area (Å²) in [5, 5.41) is 17.0. The number of rotatable bonds is 5. The van der Waals surface area contributed by atoms with Gasteiger partial charge in [-0.3, -0.25) is 4.79 Å². The Balaban J connectivity index is 1.25. The van der Waals surface area contributed by atoms with Crippen LogP contribution < -0.4 is 5.32 Å². The number of tetrazole rings is 1. The number of allylic oxidation sites excluding steroid dienone is 1. The Labute approximate surface area is 130 Å². The third-order valence-electron chi connectivity index (χ3n) is 6.12. The highest BCUT2D eigenvalue weighted by molar-refractivity contribution is 5.82. The number of hydrogen-bond acceptors (Lipinski definition) is 4. The summed E-state index contributed by atoms with van der Waals surface area (Å²) >= 11 is 0. The van der Waals surface area contributed by atoms with Gasteiger partial charge in [-0.05, 0) is 42.9 Å². The molecule has 2 saturated carbocycles. The molecule has 6 nitrogen and oxygen atoms in total. The fourth-order valence-corrected chi connectivity index (χ4v) is 4.32. The highest BCUT2D eigenvalue weighted by Crippen LogP contribution is 2.59. The maximum Gasteiger partial charge on any atom is 0.223 e. The Morgan fingerprint density at radius 1 is 1.45 bits per heavy atom. The average molecular weight is 301 g/mol. The number of nitrogens with one attached hydrogen (secondary N) is 2. The summed E-state index contributed by atoms with van der Waals surface area (Å²) in [6, 6.07) is 0. The van der Waals surface area contributed by atoms with Gasteiger partial charge in [-0.25, -0.2) is 0 Å². The normalized spacial score (nSPS) is 34.5. The molecular weight excluding hydrogens is 278 g/mol. The van der Waals surface area contributed by atoms with E-state index in [1.807, 2.05) is 0 Å². The van der Waals surface area contributed by atoms with E-state index in [1.54, 1.807) is 5.57 Å². The molecule has 1 amide bonds. The molecule has 2 fully saturated rings. The molecule has 118 valence electrons. The second-order valence-corrected chi connectivity index (χ2v) is 7.58. The van der Waals surface area contributed by atoms with Crippen LogP contribution in [0, 0.1) is 23.2 Å². The van der Waals surface area contributed by atoms with Crippen LogP contribution in [-0.2, 0) is 4.79 Å². The lowest BCUT2D eigenvalue weighted by molar-refractivity contribution is -0.122. The van der Waals surface area contributed by atoms with Crippen LogP contribution in [0.3, 0.4) is 0 Å². The van der Waals surface area contributed by atoms with Crippen molar-refractivity contribution in [1.82, 2.24) is 25.9 Å². The summed E-state index contributed by atoms with van der Waals surface area (Å²) in [7, 11) is 0. The fourth-order valence-electron chi connectivity index (χ4n) is 4.32. The number of aromatic amines is 1. The van der Waals surface area contributed by atoms with Crippen LogP contribution in [0.2, 0.25) is 0 Å². The van der Waals surface area contributed by atoms with E-state index in [1.165, 1.54) is 12.8 Å². The molecule has 2 bridgehead atoms. The predicted octanol–water partition coefficient (Wildman–Crippen LogP) is 1.80. The minimum absolute atomic E-state index is 0.0301. The van der Waals surface area contributed by atoms with Gasteiger partial charge in [0.2, 0.25) is 5.91 Å². The summed E-state index contributed by atoms with van der Waals surface area (Å²) in [6.07, 6.45) is 6.80. The lowest BCUT2D eigenvalue weighted by atomic mass is 9.48. The summed E-state index contributed by atoms with van der Waals surface area (Å²) < 4.78 is 0. The van der Waals surface area contributed by atoms with Gasteiger partial charge in [0.15, 0.2) is 5.82 Å². The fraction of sp³-hybridized carbons (Fsp3) is 0.750. The van der Waals surface area contributed by atoms with Crippen molar-refractivity contribution in [3.63, 3.8) is 0 Å². The highest BCUT2D eigenvalue weighted by Gasteiger charge is 2.51. The van der Waals surface area contributed by atoms with Gasteiger partial charge in [0.1, 0.15) is 0 Å². The molecule has 4 aliphatic rings. The number of H-pyrrole nitrogens is 1. The monoisotopic (exact) mass is 301 g/mol. The number of hydrogen-bond donors (Lipinski definition) is 2. The van der Waals surface area contributed by atoms with Gasteiger partial charge in [-0.1, -0.05) is 30.7 Å². The molecule has 0 saturated heterocycles. The smallest absolute Gasteiger partial charge is 0.223 e. The maximum atomic E-state index is 12.2. The molecule has 1 heterocycles. The minimum atomic E-state index is 0.0301. The number of nitrogens with zero attached hydrogens (tertiary/aromatic N) is 3. The molecule has 0 aromatic carbocycles. The van der Waals surface area contributed by atoms with Crippen LogP contribution in [-0.4, -0.2) is 33.1 Å². The predicted molar refractivity (Wildman–Crippen MR) is 80.7 cm³/mol. The molecule has 0 spiro atoms. The third-order valence-corrected chi connectivity index (χ3v) is 6.12. The van der Waals surface area contributed by atoms with Gasteiger partial charge in [0.05, 0.1) is 0 Å². The van der Waals surface area contributed by atoms with Crippen molar-refractivity contribution in [3.05, 3.63) is 17.5 Å². The maximum absolute atomic E-state index is 12.2. The van der Waals surface area contributed by atoms with Crippen molar-refractivity contribution in [2.45, 2.75) is 45.4 Å². The molecule has 1 aromatic heterocycles. The van der Waals surface area contributed by atoms with Crippen LogP contribution in [0.25, 0.3) is 0 Å². The van der Waals surface area contributed by atoms with E-state index in [4.69, 9.17) is 0 Å². The van der Waals surface area contributed by atoms with E-state index >= 15 is 0 Å². The lowest BCUT2D eigenvalue weighted by Crippen LogP contribution is -2.48. The first-order chi connectivity index (χ1) is 10.6. The van der Waals surface area contributed by atoms with Crippen molar-refractivity contribution in [2.24, 2.45) is 23.2 Å². The minimum Gasteiger partial charge on any atom is -0.356 e. The number of fused-ring (bicyclic) bond motifs is 1. The zero-order valence-electron chi connectivity index (χ0n) is 13.2. The summed E-state index contributed by atoms with van der Waals surface area (Å²) in [5.41, 5.74) is 2.02. The molecule has 0 aliphatic heterocycles. The van der Waals surface area contributed by atoms with E-state index in [0.717, 1.165) is 31.2 Å². The van der Waals surface area contributed by atoms with Crippen LogP contribution >= 0.6 is 0 Å². The van der Waals surface area contributed by atoms with Gasteiger partial charge in [-0.15, -0.1) is 10.2 Å². The summed E-state index contributed by atoms with van der Waals surface area (Å²) in [6.45, 7) is 5.52. The zero-order valence-corrected chi connectivity index (χ0v) is 13.2. The molecule has 4 aliphatic carbocycles. The van der Waals surface area contributed by atoms with Crippen molar-refractivity contribution in [2.75, 3.05) is 6.54 Å². The number of carbonyl (C=O) groups excluding carboxylic acids is 1. The quantitative estimate of drug-likeness (QED) is 0.812. The van der Waals surface area contributed by atoms with E-state index in [9.17, 15) is 4.79 Å². The molecule has 2 N–H and O–H groups in total. The van der Waals surface area contributed by atoms with Gasteiger partial charge in [0, 0.05) is 18.4 Å². The second kappa shape index (κ2) is 4.89. The number of aromatic nitrogens is 4. The molecule has 5 rings (SSSR count). The highest BCUT2D eigenvalue weighted by atomic mass is 16.2. The largest absolute Gasteiger partial charge is 0.356 e. The van der Waals surface area contributed by atoms with Crippen LogP contribution in [0.4, 0.5) is 0 Å².